The number of benzene rings is 2. The van der Waals surface area contributed by atoms with E-state index in [1.165, 1.54) is 32.7 Å². The number of pyridine rings is 1. The van der Waals surface area contributed by atoms with Crippen molar-refractivity contribution in [3.63, 3.8) is 0 Å². The molecule has 0 radical (unpaired) electrons. The maximum absolute atomic E-state index is 13.0. The molecule has 0 aliphatic carbocycles. The second-order valence-electron chi connectivity index (χ2n) is 7.14. The third-order valence-corrected chi connectivity index (χ3v) is 5.87. The van der Waals surface area contributed by atoms with E-state index in [1.807, 2.05) is 6.92 Å². The van der Waals surface area contributed by atoms with Crippen LogP contribution >= 0.6 is 0 Å². The van der Waals surface area contributed by atoms with Gasteiger partial charge in [-0.15, -0.1) is 0 Å². The van der Waals surface area contributed by atoms with Crippen molar-refractivity contribution in [1.29, 1.82) is 0 Å². The van der Waals surface area contributed by atoms with Gasteiger partial charge in [-0.1, -0.05) is 6.07 Å². The molecule has 0 N–H and O–H groups in total. The number of methoxy groups -OCH3 is 2. The van der Waals surface area contributed by atoms with Crippen molar-refractivity contribution >= 4 is 20.9 Å². The van der Waals surface area contributed by atoms with Gasteiger partial charge in [0.1, 0.15) is 0 Å². The Bertz CT molecular complexity index is 1290. The van der Waals surface area contributed by atoms with E-state index in [-0.39, 0.29) is 24.2 Å². The van der Waals surface area contributed by atoms with E-state index in [2.05, 4.69) is 9.17 Å². The van der Waals surface area contributed by atoms with Gasteiger partial charge < -0.3 is 23.1 Å². The van der Waals surface area contributed by atoms with Crippen molar-refractivity contribution in [2.75, 3.05) is 27.4 Å². The minimum atomic E-state index is -5.94. The molecule has 0 unspecified atom stereocenters. The molecule has 0 bridgehead atoms. The molecule has 1 aromatic heterocycles. The Hall–Kier alpha value is -3.41. The van der Waals surface area contributed by atoms with Gasteiger partial charge in [-0.3, -0.25) is 4.98 Å². The molecule has 1 heterocycles. The maximum atomic E-state index is 13.0. The summed E-state index contributed by atoms with van der Waals surface area (Å²) in [7, 11) is -2.96. The fraction of sp³-hybridized carbons (Fsp3) is 0.348. The van der Waals surface area contributed by atoms with Crippen LogP contribution in [0, 0.1) is 0 Å². The number of rotatable bonds is 10. The van der Waals surface area contributed by atoms with Crippen molar-refractivity contribution in [2.45, 2.75) is 25.8 Å². The SMILES string of the molecule is CCOc1ccc2c(Cc3cc(OC)c(OCC)c(OC)c3)cncc2c1OS(=O)(=O)C(F)(F)F. The van der Waals surface area contributed by atoms with Crippen LogP contribution in [0.1, 0.15) is 25.0 Å². The molecule has 0 fully saturated rings. The van der Waals surface area contributed by atoms with Gasteiger partial charge in [0.2, 0.25) is 5.75 Å². The van der Waals surface area contributed by atoms with Gasteiger partial charge in [-0.25, -0.2) is 0 Å². The van der Waals surface area contributed by atoms with E-state index in [4.69, 9.17) is 18.9 Å². The summed E-state index contributed by atoms with van der Waals surface area (Å²) in [5.41, 5.74) is -4.29. The summed E-state index contributed by atoms with van der Waals surface area (Å²) in [6.07, 6.45) is 3.02. The fourth-order valence-corrected chi connectivity index (χ4v) is 3.94. The summed E-state index contributed by atoms with van der Waals surface area (Å²) >= 11 is 0. The number of halogens is 3. The summed E-state index contributed by atoms with van der Waals surface area (Å²) in [5, 5.41) is 0.480. The molecule has 0 saturated heterocycles. The zero-order valence-electron chi connectivity index (χ0n) is 19.4. The molecule has 0 aliphatic rings. The van der Waals surface area contributed by atoms with Crippen molar-refractivity contribution in [3.05, 3.63) is 47.8 Å². The second kappa shape index (κ2) is 10.5. The van der Waals surface area contributed by atoms with Crippen LogP contribution in [-0.2, 0) is 16.5 Å². The van der Waals surface area contributed by atoms with E-state index in [0.717, 1.165) is 5.56 Å². The quantitative estimate of drug-likeness (QED) is 0.279. The molecule has 35 heavy (non-hydrogen) atoms. The van der Waals surface area contributed by atoms with Gasteiger partial charge in [0.25, 0.3) is 0 Å². The number of hydrogen-bond acceptors (Lipinski definition) is 8. The molecule has 0 atom stereocenters. The Balaban J connectivity index is 2.14. The van der Waals surface area contributed by atoms with Gasteiger partial charge in [0.15, 0.2) is 23.0 Å². The minimum Gasteiger partial charge on any atom is -0.493 e. The summed E-state index contributed by atoms with van der Waals surface area (Å²) < 4.78 is 88.9. The summed E-state index contributed by atoms with van der Waals surface area (Å²) in [6, 6.07) is 6.45. The molecule has 0 spiro atoms. The average Bonchev–Trinajstić information content (AvgIpc) is 2.80. The van der Waals surface area contributed by atoms with E-state index in [9.17, 15) is 21.6 Å². The topological polar surface area (TPSA) is 93.2 Å². The van der Waals surface area contributed by atoms with Crippen LogP contribution in [0.3, 0.4) is 0 Å². The molecule has 2 aromatic carbocycles. The number of aromatic nitrogens is 1. The van der Waals surface area contributed by atoms with E-state index in [0.29, 0.717) is 34.8 Å². The molecule has 0 aliphatic heterocycles. The van der Waals surface area contributed by atoms with Crippen molar-refractivity contribution < 1.29 is 44.7 Å². The largest absolute Gasteiger partial charge is 0.534 e. The number of fused-ring (bicyclic) bond motifs is 1. The fourth-order valence-electron chi connectivity index (χ4n) is 3.45. The van der Waals surface area contributed by atoms with E-state index < -0.39 is 21.4 Å². The lowest BCUT2D eigenvalue weighted by Gasteiger charge is -2.17. The Morgan fingerprint density at radius 3 is 2.03 bits per heavy atom. The van der Waals surface area contributed by atoms with Crippen LogP contribution in [-0.4, -0.2) is 46.3 Å². The zero-order chi connectivity index (χ0) is 25.8. The first-order valence-corrected chi connectivity index (χ1v) is 11.9. The predicted octanol–water partition coefficient (Wildman–Crippen LogP) is 4.87. The molecule has 3 rings (SSSR count). The average molecular weight is 516 g/mol. The highest BCUT2D eigenvalue weighted by molar-refractivity contribution is 7.88. The first-order valence-electron chi connectivity index (χ1n) is 10.5. The molecule has 0 amide bonds. The molecule has 190 valence electrons. The Morgan fingerprint density at radius 2 is 1.49 bits per heavy atom. The first kappa shape index (κ1) is 26.2. The zero-order valence-corrected chi connectivity index (χ0v) is 20.2. The van der Waals surface area contributed by atoms with E-state index in [1.54, 1.807) is 25.1 Å². The van der Waals surface area contributed by atoms with Crippen LogP contribution in [0.15, 0.2) is 36.7 Å². The summed E-state index contributed by atoms with van der Waals surface area (Å²) in [6.45, 7) is 3.90. The monoisotopic (exact) mass is 515 g/mol. The first-order chi connectivity index (χ1) is 16.6. The van der Waals surface area contributed by atoms with Crippen LogP contribution in [0.4, 0.5) is 13.2 Å². The van der Waals surface area contributed by atoms with Gasteiger partial charge in [-0.2, -0.15) is 21.6 Å². The van der Waals surface area contributed by atoms with Gasteiger partial charge >= 0.3 is 15.6 Å². The van der Waals surface area contributed by atoms with Crippen LogP contribution in [0.5, 0.6) is 28.7 Å². The number of ether oxygens (including phenoxy) is 4. The standard InChI is InChI=1S/C23H24F3NO7S/c1-5-32-18-8-7-16-15(9-14-10-19(30-3)22(33-6-2)20(11-14)31-4)12-27-13-17(16)21(18)34-35(28,29)23(24,25)26/h7-8,10-13H,5-6,9H2,1-4H3. The molecule has 8 nitrogen and oxygen atoms in total. The molecular formula is C23H24F3NO7S. The van der Waals surface area contributed by atoms with Gasteiger partial charge in [0, 0.05) is 17.8 Å². The van der Waals surface area contributed by atoms with E-state index >= 15 is 0 Å². The lowest BCUT2D eigenvalue weighted by Crippen LogP contribution is -2.28. The van der Waals surface area contributed by atoms with Gasteiger partial charge in [0.05, 0.1) is 27.4 Å². The lowest BCUT2D eigenvalue weighted by molar-refractivity contribution is -0.0500. The number of hydrogen-bond donors (Lipinski definition) is 0. The second-order valence-corrected chi connectivity index (χ2v) is 8.68. The summed E-state index contributed by atoms with van der Waals surface area (Å²) in [4.78, 5) is 4.10. The number of nitrogens with zero attached hydrogens (tertiary/aromatic N) is 1. The minimum absolute atomic E-state index is 0.0474. The van der Waals surface area contributed by atoms with Crippen LogP contribution in [0.2, 0.25) is 0 Å². The van der Waals surface area contributed by atoms with Crippen LogP contribution in [0.25, 0.3) is 10.8 Å². The highest BCUT2D eigenvalue weighted by Crippen LogP contribution is 2.42. The van der Waals surface area contributed by atoms with Gasteiger partial charge in [-0.05, 0) is 55.0 Å². The summed E-state index contributed by atoms with van der Waals surface area (Å²) in [5.74, 6) is 0.572. The Kier molecular flexibility index (Phi) is 7.83. The normalized spacial score (nSPS) is 11.9. The van der Waals surface area contributed by atoms with Crippen molar-refractivity contribution in [3.8, 4) is 28.7 Å². The lowest BCUT2D eigenvalue weighted by atomic mass is 9.99. The highest BCUT2D eigenvalue weighted by Gasteiger charge is 2.49. The predicted molar refractivity (Wildman–Crippen MR) is 122 cm³/mol. The van der Waals surface area contributed by atoms with Crippen molar-refractivity contribution in [1.82, 2.24) is 4.98 Å². The molecule has 12 heteroatoms. The highest BCUT2D eigenvalue weighted by atomic mass is 32.2. The number of alkyl halides is 3. The van der Waals surface area contributed by atoms with Crippen LogP contribution < -0.4 is 23.1 Å². The third kappa shape index (κ3) is 5.47. The third-order valence-electron chi connectivity index (χ3n) is 4.92. The van der Waals surface area contributed by atoms with Crippen molar-refractivity contribution in [2.24, 2.45) is 0 Å². The smallest absolute Gasteiger partial charge is 0.493 e. The molecular weight excluding hydrogens is 491 g/mol. The molecule has 0 saturated carbocycles. The Morgan fingerprint density at radius 1 is 0.857 bits per heavy atom. The Labute approximate surface area is 200 Å². The maximum Gasteiger partial charge on any atom is 0.534 e. The molecule has 3 aromatic rings.